The molecule has 0 unspecified atom stereocenters. The normalized spacial score (nSPS) is 11.7. The molecule has 0 aliphatic rings. The van der Waals surface area contributed by atoms with Crippen molar-refractivity contribution in [1.82, 2.24) is 9.62 Å². The molecule has 0 radical (unpaired) electrons. The van der Waals surface area contributed by atoms with Gasteiger partial charge in [-0.25, -0.2) is 13.1 Å². The van der Waals surface area contributed by atoms with Crippen molar-refractivity contribution in [2.24, 2.45) is 0 Å². The van der Waals surface area contributed by atoms with Crippen LogP contribution < -0.4 is 4.72 Å². The van der Waals surface area contributed by atoms with Crippen molar-refractivity contribution < 1.29 is 18.3 Å². The molecular weight excluding hydrogens is 268 g/mol. The highest BCUT2D eigenvalue weighted by Crippen LogP contribution is 2.09. The van der Waals surface area contributed by atoms with E-state index in [0.717, 1.165) is 5.56 Å². The van der Waals surface area contributed by atoms with E-state index in [2.05, 4.69) is 4.72 Å². The van der Waals surface area contributed by atoms with Crippen molar-refractivity contribution >= 4 is 16.0 Å². The van der Waals surface area contributed by atoms with Crippen LogP contribution in [-0.2, 0) is 14.8 Å². The minimum atomic E-state index is -3.53. The molecule has 0 bridgehead atoms. The standard InChI is InChI=1S/C12H18N2O4S/c1-10-3-5-11(6-4-10)19(17,18)13-7-8-14(2)9-12(15)16/h3-6,13H,7-9H2,1-2H3,(H,15,16). The minimum Gasteiger partial charge on any atom is -0.480 e. The number of carboxylic acid groups (broad SMARTS) is 1. The summed E-state index contributed by atoms with van der Waals surface area (Å²) in [4.78, 5) is 12.2. The Morgan fingerprint density at radius 1 is 1.32 bits per heavy atom. The first-order valence-electron chi connectivity index (χ1n) is 5.78. The van der Waals surface area contributed by atoms with Gasteiger partial charge in [-0.2, -0.15) is 0 Å². The molecule has 0 aliphatic heterocycles. The number of hydrogen-bond donors (Lipinski definition) is 2. The van der Waals surface area contributed by atoms with Crippen LogP contribution in [0.5, 0.6) is 0 Å². The second kappa shape index (κ2) is 6.65. The molecule has 0 saturated carbocycles. The average Bonchev–Trinajstić information content (AvgIpc) is 2.28. The molecule has 0 saturated heterocycles. The van der Waals surface area contributed by atoms with Crippen LogP contribution in [0.1, 0.15) is 5.56 Å². The molecule has 0 spiro atoms. The molecule has 0 amide bonds. The summed E-state index contributed by atoms with van der Waals surface area (Å²) in [5.41, 5.74) is 0.986. The first-order valence-corrected chi connectivity index (χ1v) is 7.26. The van der Waals surface area contributed by atoms with Crippen molar-refractivity contribution in [1.29, 1.82) is 0 Å². The highest BCUT2D eigenvalue weighted by atomic mass is 32.2. The van der Waals surface area contributed by atoms with Gasteiger partial charge in [-0.1, -0.05) is 17.7 Å². The fourth-order valence-electron chi connectivity index (χ4n) is 1.48. The largest absolute Gasteiger partial charge is 0.480 e. The van der Waals surface area contributed by atoms with Crippen molar-refractivity contribution in [3.8, 4) is 0 Å². The topological polar surface area (TPSA) is 86.7 Å². The second-order valence-electron chi connectivity index (χ2n) is 4.34. The van der Waals surface area contributed by atoms with Crippen LogP contribution in [0.2, 0.25) is 0 Å². The quantitative estimate of drug-likeness (QED) is 0.752. The molecule has 1 aromatic rings. The van der Waals surface area contributed by atoms with Gasteiger partial charge in [-0.15, -0.1) is 0 Å². The van der Waals surface area contributed by atoms with Crippen LogP contribution in [0.15, 0.2) is 29.2 Å². The number of rotatable bonds is 7. The molecular formula is C12H18N2O4S. The maximum absolute atomic E-state index is 11.9. The van der Waals surface area contributed by atoms with Gasteiger partial charge in [0.05, 0.1) is 11.4 Å². The van der Waals surface area contributed by atoms with E-state index in [1.54, 1.807) is 31.3 Å². The number of carbonyl (C=O) groups is 1. The van der Waals surface area contributed by atoms with E-state index in [1.165, 1.54) is 4.90 Å². The molecule has 7 heteroatoms. The molecule has 106 valence electrons. The summed E-state index contributed by atoms with van der Waals surface area (Å²) >= 11 is 0. The molecule has 0 aromatic heterocycles. The maximum Gasteiger partial charge on any atom is 0.317 e. The summed E-state index contributed by atoms with van der Waals surface area (Å²) in [7, 11) is -1.91. The summed E-state index contributed by atoms with van der Waals surface area (Å²) in [6.07, 6.45) is 0. The monoisotopic (exact) mass is 286 g/mol. The molecule has 6 nitrogen and oxygen atoms in total. The third-order valence-electron chi connectivity index (χ3n) is 2.52. The van der Waals surface area contributed by atoms with Crippen LogP contribution in [0.3, 0.4) is 0 Å². The van der Waals surface area contributed by atoms with Gasteiger partial charge in [-0.05, 0) is 26.1 Å². The number of sulfonamides is 1. The number of aryl methyl sites for hydroxylation is 1. The first-order chi connectivity index (χ1) is 8.81. The van der Waals surface area contributed by atoms with Crippen LogP contribution in [0.25, 0.3) is 0 Å². The van der Waals surface area contributed by atoms with E-state index < -0.39 is 16.0 Å². The smallest absolute Gasteiger partial charge is 0.317 e. The lowest BCUT2D eigenvalue weighted by Gasteiger charge is -2.14. The Hall–Kier alpha value is -1.44. The van der Waals surface area contributed by atoms with Crippen molar-refractivity contribution in [2.45, 2.75) is 11.8 Å². The van der Waals surface area contributed by atoms with Crippen molar-refractivity contribution in [3.05, 3.63) is 29.8 Å². The first kappa shape index (κ1) is 15.6. The number of nitrogens with zero attached hydrogens (tertiary/aromatic N) is 1. The number of aliphatic carboxylic acids is 1. The molecule has 1 rings (SSSR count). The van der Waals surface area contributed by atoms with Crippen molar-refractivity contribution in [3.63, 3.8) is 0 Å². The van der Waals surface area contributed by atoms with E-state index in [0.29, 0.717) is 6.54 Å². The lowest BCUT2D eigenvalue weighted by molar-refractivity contribution is -0.137. The molecule has 19 heavy (non-hydrogen) atoms. The van der Waals surface area contributed by atoms with Gasteiger partial charge in [0, 0.05) is 13.1 Å². The highest BCUT2D eigenvalue weighted by molar-refractivity contribution is 7.89. The zero-order valence-corrected chi connectivity index (χ0v) is 11.8. The fourth-order valence-corrected chi connectivity index (χ4v) is 2.50. The van der Waals surface area contributed by atoms with Gasteiger partial charge in [0.1, 0.15) is 0 Å². The van der Waals surface area contributed by atoms with Gasteiger partial charge in [0.15, 0.2) is 0 Å². The Morgan fingerprint density at radius 2 is 1.89 bits per heavy atom. The predicted molar refractivity (Wildman–Crippen MR) is 71.5 cm³/mol. The molecule has 0 aliphatic carbocycles. The summed E-state index contributed by atoms with van der Waals surface area (Å²) in [6, 6.07) is 6.54. The van der Waals surface area contributed by atoms with E-state index in [4.69, 9.17) is 5.11 Å². The lowest BCUT2D eigenvalue weighted by Crippen LogP contribution is -2.35. The second-order valence-corrected chi connectivity index (χ2v) is 6.11. The predicted octanol–water partition coefficient (Wildman–Crippen LogP) is 0.290. The van der Waals surface area contributed by atoms with E-state index >= 15 is 0 Å². The molecule has 0 fully saturated rings. The third kappa shape index (κ3) is 5.37. The van der Waals surface area contributed by atoms with Gasteiger partial charge in [-0.3, -0.25) is 9.69 Å². The average molecular weight is 286 g/mol. The van der Waals surface area contributed by atoms with E-state index in [-0.39, 0.29) is 18.0 Å². The van der Waals surface area contributed by atoms with Crippen LogP contribution in [-0.4, -0.2) is 51.1 Å². The molecule has 0 heterocycles. The maximum atomic E-state index is 11.9. The number of carboxylic acids is 1. The Kier molecular flexibility index (Phi) is 5.46. The number of nitrogens with one attached hydrogen (secondary N) is 1. The Bertz CT molecular complexity index is 525. The SMILES string of the molecule is Cc1ccc(S(=O)(=O)NCCN(C)CC(=O)O)cc1. The van der Waals surface area contributed by atoms with Gasteiger partial charge >= 0.3 is 5.97 Å². The Labute approximate surface area is 113 Å². The van der Waals surface area contributed by atoms with Crippen molar-refractivity contribution in [2.75, 3.05) is 26.7 Å². The number of hydrogen-bond acceptors (Lipinski definition) is 4. The molecule has 1 aromatic carbocycles. The summed E-state index contributed by atoms with van der Waals surface area (Å²) in [6.45, 7) is 2.26. The summed E-state index contributed by atoms with van der Waals surface area (Å²) in [5, 5.41) is 8.57. The summed E-state index contributed by atoms with van der Waals surface area (Å²) < 4.78 is 26.2. The van der Waals surface area contributed by atoms with Gasteiger partial charge in [0.2, 0.25) is 10.0 Å². The van der Waals surface area contributed by atoms with E-state index in [1.807, 2.05) is 6.92 Å². The summed E-state index contributed by atoms with van der Waals surface area (Å²) in [5.74, 6) is -0.941. The lowest BCUT2D eigenvalue weighted by atomic mass is 10.2. The van der Waals surface area contributed by atoms with E-state index in [9.17, 15) is 13.2 Å². The number of likely N-dealkylation sites (N-methyl/N-ethyl adjacent to an activating group) is 1. The van der Waals surface area contributed by atoms with Gasteiger partial charge in [0.25, 0.3) is 0 Å². The fraction of sp³-hybridized carbons (Fsp3) is 0.417. The van der Waals surface area contributed by atoms with Crippen LogP contribution in [0, 0.1) is 6.92 Å². The minimum absolute atomic E-state index is 0.119. The number of benzene rings is 1. The van der Waals surface area contributed by atoms with Crippen LogP contribution >= 0.6 is 0 Å². The third-order valence-corrected chi connectivity index (χ3v) is 4.00. The van der Waals surface area contributed by atoms with Crippen LogP contribution in [0.4, 0.5) is 0 Å². The Balaban J connectivity index is 2.52. The van der Waals surface area contributed by atoms with Gasteiger partial charge < -0.3 is 5.11 Å². The molecule has 2 N–H and O–H groups in total. The Morgan fingerprint density at radius 3 is 2.42 bits per heavy atom. The zero-order valence-electron chi connectivity index (χ0n) is 11.0. The zero-order chi connectivity index (χ0) is 14.5. The molecule has 0 atom stereocenters. The highest BCUT2D eigenvalue weighted by Gasteiger charge is 2.13.